The Morgan fingerprint density at radius 3 is 0.623 bits per heavy atom. The van der Waals surface area contributed by atoms with Gasteiger partial charge in [0.25, 0.3) is 0 Å². The first-order chi connectivity index (χ1) is 55.6. The fraction of sp³-hybridized carbons (Fsp3) is 0.958. The quantitative estimate of drug-likeness (QED) is 0.0222. The van der Waals surface area contributed by atoms with E-state index in [1.54, 1.807) is 0 Å². The molecule has 0 heterocycles. The molecule has 3 N–H and O–H groups in total. The molecule has 6 atom stereocenters. The lowest BCUT2D eigenvalue weighted by Gasteiger charge is -2.21. The van der Waals surface area contributed by atoms with Crippen LogP contribution in [0.15, 0.2) is 0 Å². The van der Waals surface area contributed by atoms with Crippen molar-refractivity contribution in [2.24, 2.45) is 5.92 Å². The van der Waals surface area contributed by atoms with Gasteiger partial charge in [-0.3, -0.25) is 37.3 Å². The Balaban J connectivity index is 5.24. The molecule has 0 fully saturated rings. The van der Waals surface area contributed by atoms with Crippen molar-refractivity contribution in [2.45, 2.75) is 541 Å². The topological polar surface area (TPSA) is 237 Å². The van der Waals surface area contributed by atoms with Crippen LogP contribution in [-0.2, 0) is 65.4 Å². The Labute approximate surface area is 702 Å². The normalized spacial score (nSPS) is 13.9. The Hall–Kier alpha value is -1.94. The molecular weight excluding hydrogens is 1470 g/mol. The lowest BCUT2D eigenvalue weighted by molar-refractivity contribution is -0.161. The van der Waals surface area contributed by atoms with E-state index in [0.29, 0.717) is 25.7 Å². The van der Waals surface area contributed by atoms with Crippen LogP contribution in [0.4, 0.5) is 0 Å². The molecule has 0 bridgehead atoms. The molecule has 0 saturated heterocycles. The van der Waals surface area contributed by atoms with E-state index in [9.17, 15) is 43.2 Å². The predicted molar refractivity (Wildman–Crippen MR) is 474 cm³/mol. The second-order valence-electron chi connectivity index (χ2n) is 34.4. The molecule has 3 unspecified atom stereocenters. The molecule has 0 amide bonds. The number of rotatable bonds is 95. The lowest BCUT2D eigenvalue weighted by atomic mass is 9.99. The van der Waals surface area contributed by atoms with Crippen molar-refractivity contribution in [3.05, 3.63) is 0 Å². The summed E-state index contributed by atoms with van der Waals surface area (Å²) in [7, 11) is -9.94. The van der Waals surface area contributed by atoms with Crippen LogP contribution in [-0.4, -0.2) is 96.7 Å². The van der Waals surface area contributed by atoms with Crippen molar-refractivity contribution in [3.8, 4) is 0 Å². The Kier molecular flexibility index (Phi) is 85.9. The summed E-state index contributed by atoms with van der Waals surface area (Å²) in [4.78, 5) is 73.6. The molecule has 0 radical (unpaired) electrons. The number of carbonyl (C=O) groups excluding carboxylic acids is 4. The lowest BCUT2D eigenvalue weighted by Crippen LogP contribution is -2.30. The number of phosphoric acid groups is 2. The summed E-state index contributed by atoms with van der Waals surface area (Å²) in [6, 6.07) is 0. The molecule has 114 heavy (non-hydrogen) atoms. The number of aliphatic hydroxyl groups is 1. The van der Waals surface area contributed by atoms with Gasteiger partial charge in [0.15, 0.2) is 12.2 Å². The molecule has 19 heteroatoms. The third-order valence-corrected chi connectivity index (χ3v) is 24.8. The first-order valence-electron chi connectivity index (χ1n) is 49.2. The Morgan fingerprint density at radius 1 is 0.246 bits per heavy atom. The SMILES string of the molecule is CCCCCCCCCCCCCCCCCCCCCCCC(=O)OC[C@H](COP(=O)(O)OC[C@@H](O)COP(=O)(O)OC[C@@H](COC(=O)CCCCCCCCCCC(C)CC)OC(=O)CCCCCCCCCCCCCCCCCCCCCC)OC(=O)CCCCCCCCCCCCCCCCCCCCCCC. The van der Waals surface area contributed by atoms with Crippen molar-refractivity contribution in [1.29, 1.82) is 0 Å². The average molecular weight is 1660 g/mol. The van der Waals surface area contributed by atoms with Gasteiger partial charge >= 0.3 is 39.5 Å². The zero-order valence-corrected chi connectivity index (χ0v) is 77.0. The van der Waals surface area contributed by atoms with Gasteiger partial charge in [-0.25, -0.2) is 9.13 Å². The first-order valence-corrected chi connectivity index (χ1v) is 52.2. The van der Waals surface area contributed by atoms with Gasteiger partial charge in [0.1, 0.15) is 19.3 Å². The van der Waals surface area contributed by atoms with E-state index in [-0.39, 0.29) is 25.7 Å². The van der Waals surface area contributed by atoms with Gasteiger partial charge in [-0.1, -0.05) is 471 Å². The smallest absolute Gasteiger partial charge is 0.462 e. The number of carbonyl (C=O) groups is 4. The van der Waals surface area contributed by atoms with E-state index >= 15 is 0 Å². The average Bonchev–Trinajstić information content (AvgIpc) is 0.898. The summed E-state index contributed by atoms with van der Waals surface area (Å²) in [6.45, 7) is 7.42. The van der Waals surface area contributed by atoms with Crippen LogP contribution in [0.2, 0.25) is 0 Å². The summed E-state index contributed by atoms with van der Waals surface area (Å²) >= 11 is 0. The molecule has 0 aromatic carbocycles. The maximum atomic E-state index is 13.2. The molecular formula is C95H186O17P2. The van der Waals surface area contributed by atoms with Crippen LogP contribution in [0.25, 0.3) is 0 Å². The van der Waals surface area contributed by atoms with Crippen molar-refractivity contribution in [3.63, 3.8) is 0 Å². The van der Waals surface area contributed by atoms with Crippen LogP contribution < -0.4 is 0 Å². The fourth-order valence-electron chi connectivity index (χ4n) is 15.0. The zero-order chi connectivity index (χ0) is 83.3. The first kappa shape index (κ1) is 112. The highest BCUT2D eigenvalue weighted by Crippen LogP contribution is 2.45. The van der Waals surface area contributed by atoms with Gasteiger partial charge in [0.2, 0.25) is 0 Å². The van der Waals surface area contributed by atoms with Crippen LogP contribution >= 0.6 is 15.6 Å². The van der Waals surface area contributed by atoms with Crippen LogP contribution in [0.3, 0.4) is 0 Å². The minimum atomic E-state index is -4.97. The number of hydrogen-bond acceptors (Lipinski definition) is 15. The van der Waals surface area contributed by atoms with Gasteiger partial charge in [0.05, 0.1) is 26.4 Å². The highest BCUT2D eigenvalue weighted by Gasteiger charge is 2.31. The number of esters is 4. The van der Waals surface area contributed by atoms with Gasteiger partial charge in [-0.15, -0.1) is 0 Å². The third-order valence-electron chi connectivity index (χ3n) is 22.9. The molecule has 17 nitrogen and oxygen atoms in total. The highest BCUT2D eigenvalue weighted by molar-refractivity contribution is 7.47. The Bertz CT molecular complexity index is 2150. The van der Waals surface area contributed by atoms with Crippen molar-refractivity contribution in [1.82, 2.24) is 0 Å². The molecule has 0 saturated carbocycles. The van der Waals surface area contributed by atoms with Crippen molar-refractivity contribution >= 4 is 39.5 Å². The number of unbranched alkanes of at least 4 members (excludes halogenated alkanes) is 66. The molecule has 0 aliphatic rings. The fourth-order valence-corrected chi connectivity index (χ4v) is 16.6. The van der Waals surface area contributed by atoms with E-state index in [1.807, 2.05) is 0 Å². The van der Waals surface area contributed by atoms with E-state index < -0.39 is 97.5 Å². The van der Waals surface area contributed by atoms with E-state index in [2.05, 4.69) is 34.6 Å². The van der Waals surface area contributed by atoms with Crippen molar-refractivity contribution in [2.75, 3.05) is 39.6 Å². The summed E-state index contributed by atoms with van der Waals surface area (Å²) in [5.41, 5.74) is 0. The van der Waals surface area contributed by atoms with Crippen LogP contribution in [0.5, 0.6) is 0 Å². The number of aliphatic hydroxyl groups excluding tert-OH is 1. The maximum Gasteiger partial charge on any atom is 0.472 e. The van der Waals surface area contributed by atoms with Gasteiger partial charge in [-0.2, -0.15) is 0 Å². The molecule has 0 aliphatic carbocycles. The van der Waals surface area contributed by atoms with E-state index in [1.165, 1.54) is 347 Å². The molecule has 0 aromatic heterocycles. The zero-order valence-electron chi connectivity index (χ0n) is 75.2. The number of phosphoric ester groups is 2. The predicted octanol–water partition coefficient (Wildman–Crippen LogP) is 29.9. The largest absolute Gasteiger partial charge is 0.472 e. The van der Waals surface area contributed by atoms with Crippen LogP contribution in [0, 0.1) is 5.92 Å². The Morgan fingerprint density at radius 2 is 0.421 bits per heavy atom. The number of ether oxygens (including phenoxy) is 4. The standard InChI is InChI=1S/C95H186O17P2/c1-6-10-13-16-19-22-25-28-31-34-37-40-43-45-48-51-54-57-63-68-73-78-92(97)105-84-90(111-94(99)80-75-71-66-59-56-53-50-47-44-41-38-35-32-29-26-23-20-17-14-11-7-2)86-109-113(101,102)107-82-89(96)83-108-114(103,104)110-87-91(85-106-93(98)79-74-69-64-61-60-62-67-72-77-88(5)9-4)112-95(100)81-76-70-65-58-55-52-49-46-42-39-36-33-30-27-24-21-18-15-12-8-3/h88-91,96H,6-87H2,1-5H3,(H,101,102)(H,103,104)/t88?,89-,90-,91-/m1/s1. The molecule has 0 spiro atoms. The van der Waals surface area contributed by atoms with Gasteiger partial charge in [0, 0.05) is 25.7 Å². The summed E-state index contributed by atoms with van der Waals surface area (Å²) in [6.07, 6.45) is 85.0. The highest BCUT2D eigenvalue weighted by atomic mass is 31.2. The van der Waals surface area contributed by atoms with Crippen molar-refractivity contribution < 1.29 is 80.2 Å². The minimum Gasteiger partial charge on any atom is -0.462 e. The third kappa shape index (κ3) is 86.4. The van der Waals surface area contributed by atoms with E-state index in [0.717, 1.165) is 95.8 Å². The van der Waals surface area contributed by atoms with Gasteiger partial charge in [-0.05, 0) is 31.6 Å². The van der Waals surface area contributed by atoms with Gasteiger partial charge < -0.3 is 33.8 Å². The summed E-state index contributed by atoms with van der Waals surface area (Å²) in [5.74, 6) is -1.31. The summed E-state index contributed by atoms with van der Waals surface area (Å²) in [5, 5.41) is 10.7. The van der Waals surface area contributed by atoms with Crippen LogP contribution in [0.1, 0.15) is 523 Å². The molecule has 0 aliphatic heterocycles. The van der Waals surface area contributed by atoms with E-state index in [4.69, 9.17) is 37.0 Å². The maximum absolute atomic E-state index is 13.2. The second-order valence-corrected chi connectivity index (χ2v) is 37.3. The second kappa shape index (κ2) is 87.4. The number of hydrogen-bond donors (Lipinski definition) is 3. The minimum absolute atomic E-state index is 0.109. The molecule has 678 valence electrons. The monoisotopic (exact) mass is 1660 g/mol. The molecule has 0 rings (SSSR count). The summed E-state index contributed by atoms with van der Waals surface area (Å²) < 4.78 is 69.2. The molecule has 0 aromatic rings.